The molecule has 0 spiro atoms. The largest absolute Gasteiger partial charge is 0.461 e. The molecule has 114 valence electrons. The lowest BCUT2D eigenvalue weighted by atomic mass is 9.82. The summed E-state index contributed by atoms with van der Waals surface area (Å²) in [5, 5.41) is 3.68. The molecule has 2 fully saturated rings. The van der Waals surface area contributed by atoms with Gasteiger partial charge >= 0.3 is 5.97 Å². The molecule has 1 aromatic rings. The molecule has 3 nitrogen and oxygen atoms in total. The first-order chi connectivity index (χ1) is 10.3. The Kier molecular flexibility index (Phi) is 4.91. The van der Waals surface area contributed by atoms with Crippen molar-refractivity contribution in [1.29, 1.82) is 0 Å². The zero-order valence-corrected chi connectivity index (χ0v) is 12.6. The van der Waals surface area contributed by atoms with E-state index in [0.717, 1.165) is 24.8 Å². The van der Waals surface area contributed by atoms with E-state index in [1.807, 2.05) is 30.3 Å². The van der Waals surface area contributed by atoms with E-state index < -0.39 is 0 Å². The molecular formula is C18H25NO2. The average Bonchev–Trinajstić information content (AvgIpc) is 2.50. The third kappa shape index (κ3) is 3.85. The molecule has 0 bridgehead atoms. The summed E-state index contributed by atoms with van der Waals surface area (Å²) in [6.45, 7) is 0.395. The molecule has 2 unspecified atom stereocenters. The molecule has 21 heavy (non-hydrogen) atoms. The Hall–Kier alpha value is -1.35. The normalized spacial score (nSPS) is 26.1. The molecule has 2 saturated carbocycles. The van der Waals surface area contributed by atoms with Crippen LogP contribution in [0.25, 0.3) is 0 Å². The van der Waals surface area contributed by atoms with Crippen molar-refractivity contribution in [2.45, 2.75) is 63.6 Å². The van der Waals surface area contributed by atoms with Crippen molar-refractivity contribution >= 4 is 5.97 Å². The number of esters is 1. The number of ether oxygens (including phenoxy) is 1. The van der Waals surface area contributed by atoms with E-state index >= 15 is 0 Å². The van der Waals surface area contributed by atoms with E-state index in [4.69, 9.17) is 4.74 Å². The molecule has 3 heteroatoms. The lowest BCUT2D eigenvalue weighted by Crippen LogP contribution is -2.49. The van der Waals surface area contributed by atoms with Gasteiger partial charge in [0.15, 0.2) is 0 Å². The summed E-state index contributed by atoms with van der Waals surface area (Å²) >= 11 is 0. The summed E-state index contributed by atoms with van der Waals surface area (Å²) in [6, 6.07) is 10.9. The maximum absolute atomic E-state index is 12.4. The van der Waals surface area contributed by atoms with E-state index in [2.05, 4.69) is 5.32 Å². The van der Waals surface area contributed by atoms with E-state index in [9.17, 15) is 4.79 Å². The molecule has 0 radical (unpaired) electrons. The maximum atomic E-state index is 12.4. The first kappa shape index (κ1) is 14.6. The molecular weight excluding hydrogens is 262 g/mol. The second-order valence-corrected chi connectivity index (χ2v) is 6.39. The van der Waals surface area contributed by atoms with Crippen molar-refractivity contribution < 1.29 is 9.53 Å². The van der Waals surface area contributed by atoms with Crippen LogP contribution in [0.3, 0.4) is 0 Å². The molecule has 0 aliphatic heterocycles. The predicted molar refractivity (Wildman–Crippen MR) is 82.8 cm³/mol. The Balaban J connectivity index is 1.53. The Morgan fingerprint density at radius 1 is 1.05 bits per heavy atom. The quantitative estimate of drug-likeness (QED) is 0.843. The number of rotatable bonds is 5. The van der Waals surface area contributed by atoms with Crippen molar-refractivity contribution in [2.75, 3.05) is 0 Å². The molecule has 2 atom stereocenters. The van der Waals surface area contributed by atoms with Gasteiger partial charge in [0, 0.05) is 12.1 Å². The van der Waals surface area contributed by atoms with Crippen LogP contribution in [0.5, 0.6) is 0 Å². The number of hydrogen-bond donors (Lipinski definition) is 1. The average molecular weight is 287 g/mol. The van der Waals surface area contributed by atoms with Crippen LogP contribution in [0.15, 0.2) is 30.3 Å². The molecule has 2 aliphatic carbocycles. The van der Waals surface area contributed by atoms with Gasteiger partial charge in [0.1, 0.15) is 6.61 Å². The van der Waals surface area contributed by atoms with Crippen molar-refractivity contribution in [3.63, 3.8) is 0 Å². The first-order valence-corrected chi connectivity index (χ1v) is 8.29. The topological polar surface area (TPSA) is 38.3 Å². The molecule has 3 rings (SSSR count). The van der Waals surface area contributed by atoms with Crippen molar-refractivity contribution in [2.24, 2.45) is 5.92 Å². The standard InChI is InChI=1S/C18H25NO2/c20-18(21-13-14-7-2-1-3-8-14)16-11-4-5-12-17(16)19-15-9-6-10-15/h1-3,7-8,15-17,19H,4-6,9-13H2. The highest BCUT2D eigenvalue weighted by Crippen LogP contribution is 2.29. The minimum atomic E-state index is -0.0182. The highest BCUT2D eigenvalue weighted by atomic mass is 16.5. The summed E-state index contributed by atoms with van der Waals surface area (Å²) in [7, 11) is 0. The summed E-state index contributed by atoms with van der Waals surface area (Å²) in [5.74, 6) is 0.0263. The lowest BCUT2D eigenvalue weighted by Gasteiger charge is -2.37. The van der Waals surface area contributed by atoms with E-state index in [0.29, 0.717) is 18.7 Å². The summed E-state index contributed by atoms with van der Waals surface area (Å²) in [5.41, 5.74) is 1.06. The van der Waals surface area contributed by atoms with Gasteiger partial charge in [-0.05, 0) is 31.2 Å². The molecule has 1 aromatic carbocycles. The van der Waals surface area contributed by atoms with Gasteiger partial charge < -0.3 is 10.1 Å². The second-order valence-electron chi connectivity index (χ2n) is 6.39. The van der Waals surface area contributed by atoms with Crippen LogP contribution in [0, 0.1) is 5.92 Å². The van der Waals surface area contributed by atoms with Gasteiger partial charge in [0.2, 0.25) is 0 Å². The van der Waals surface area contributed by atoms with Crippen molar-refractivity contribution in [3.05, 3.63) is 35.9 Å². The van der Waals surface area contributed by atoms with Crippen LogP contribution in [0.4, 0.5) is 0 Å². The number of benzene rings is 1. The fraction of sp³-hybridized carbons (Fsp3) is 0.611. The van der Waals surface area contributed by atoms with Gasteiger partial charge in [-0.15, -0.1) is 0 Å². The highest BCUT2D eigenvalue weighted by Gasteiger charge is 2.34. The van der Waals surface area contributed by atoms with Crippen LogP contribution >= 0.6 is 0 Å². The Morgan fingerprint density at radius 3 is 2.52 bits per heavy atom. The van der Waals surface area contributed by atoms with Gasteiger partial charge in [0.25, 0.3) is 0 Å². The summed E-state index contributed by atoms with van der Waals surface area (Å²) < 4.78 is 5.55. The fourth-order valence-corrected chi connectivity index (χ4v) is 3.33. The second kappa shape index (κ2) is 7.08. The summed E-state index contributed by atoms with van der Waals surface area (Å²) in [4.78, 5) is 12.4. The van der Waals surface area contributed by atoms with Crippen molar-refractivity contribution in [1.82, 2.24) is 5.32 Å². The zero-order valence-electron chi connectivity index (χ0n) is 12.6. The Morgan fingerprint density at radius 2 is 1.81 bits per heavy atom. The summed E-state index contributed by atoms with van der Waals surface area (Å²) in [6.07, 6.45) is 8.32. The molecule has 0 saturated heterocycles. The number of carbonyl (C=O) groups is 1. The van der Waals surface area contributed by atoms with E-state index in [-0.39, 0.29) is 11.9 Å². The van der Waals surface area contributed by atoms with Crippen molar-refractivity contribution in [3.8, 4) is 0 Å². The minimum Gasteiger partial charge on any atom is -0.461 e. The molecule has 0 aromatic heterocycles. The number of hydrogen-bond acceptors (Lipinski definition) is 3. The molecule has 0 heterocycles. The van der Waals surface area contributed by atoms with Gasteiger partial charge in [0.05, 0.1) is 5.92 Å². The maximum Gasteiger partial charge on any atom is 0.310 e. The third-order valence-corrected chi connectivity index (χ3v) is 4.85. The SMILES string of the molecule is O=C(OCc1ccccc1)C1CCCCC1NC1CCC1. The van der Waals surface area contributed by atoms with Gasteiger partial charge in [-0.25, -0.2) is 0 Å². The van der Waals surface area contributed by atoms with Gasteiger partial charge in [-0.3, -0.25) is 4.79 Å². The Labute approximate surface area is 127 Å². The highest BCUT2D eigenvalue weighted by molar-refractivity contribution is 5.73. The van der Waals surface area contributed by atoms with Crippen LogP contribution in [0.2, 0.25) is 0 Å². The van der Waals surface area contributed by atoms with E-state index in [1.54, 1.807) is 0 Å². The zero-order chi connectivity index (χ0) is 14.5. The van der Waals surface area contributed by atoms with Crippen LogP contribution in [-0.2, 0) is 16.1 Å². The van der Waals surface area contributed by atoms with Crippen LogP contribution < -0.4 is 5.32 Å². The van der Waals surface area contributed by atoms with Gasteiger partial charge in [-0.2, -0.15) is 0 Å². The lowest BCUT2D eigenvalue weighted by molar-refractivity contribution is -0.152. The third-order valence-electron chi connectivity index (χ3n) is 4.85. The van der Waals surface area contributed by atoms with Crippen LogP contribution in [-0.4, -0.2) is 18.1 Å². The minimum absolute atomic E-state index is 0.0182. The predicted octanol–water partition coefficient (Wildman–Crippen LogP) is 3.43. The smallest absolute Gasteiger partial charge is 0.310 e. The first-order valence-electron chi connectivity index (χ1n) is 8.29. The number of nitrogens with one attached hydrogen (secondary N) is 1. The van der Waals surface area contributed by atoms with E-state index in [1.165, 1.54) is 25.7 Å². The molecule has 2 aliphatic rings. The van der Waals surface area contributed by atoms with Crippen LogP contribution in [0.1, 0.15) is 50.5 Å². The molecule has 1 N–H and O–H groups in total. The monoisotopic (exact) mass is 287 g/mol. The number of carbonyl (C=O) groups excluding carboxylic acids is 1. The fourth-order valence-electron chi connectivity index (χ4n) is 3.33. The Bertz CT molecular complexity index is 456. The molecule has 0 amide bonds. The van der Waals surface area contributed by atoms with Gasteiger partial charge in [-0.1, -0.05) is 49.6 Å².